The van der Waals surface area contributed by atoms with Gasteiger partial charge in [0.2, 0.25) is 0 Å². The molecule has 0 radical (unpaired) electrons. The Morgan fingerprint density at radius 1 is 1.35 bits per heavy atom. The Hall–Kier alpha value is -1.78. The number of aromatic nitrogens is 1. The standard InChI is InChI=1S/C15H22N2O3/c1-2-12-5-3-8-16(10-7-12)15(20)13-6-4-9-17(13)11-14(18)19/h4,6,9,12H,2-3,5,7-8,10-11H2,1H3,(H,18,19). The van der Waals surface area contributed by atoms with Crippen LogP contribution in [0, 0.1) is 5.92 Å². The Balaban J connectivity index is 2.07. The topological polar surface area (TPSA) is 62.5 Å². The van der Waals surface area contributed by atoms with Gasteiger partial charge in [-0.2, -0.15) is 0 Å². The normalized spacial score (nSPS) is 19.6. The minimum absolute atomic E-state index is 0.0481. The second-order valence-corrected chi connectivity index (χ2v) is 5.41. The Bertz CT molecular complexity index is 481. The summed E-state index contributed by atoms with van der Waals surface area (Å²) in [4.78, 5) is 25.2. The van der Waals surface area contributed by atoms with Gasteiger partial charge in [0.25, 0.3) is 5.91 Å². The fraction of sp³-hybridized carbons (Fsp3) is 0.600. The summed E-state index contributed by atoms with van der Waals surface area (Å²) in [7, 11) is 0. The van der Waals surface area contributed by atoms with Crippen molar-refractivity contribution in [3.63, 3.8) is 0 Å². The third-order valence-corrected chi connectivity index (χ3v) is 4.07. The van der Waals surface area contributed by atoms with Crippen LogP contribution in [-0.2, 0) is 11.3 Å². The Labute approximate surface area is 119 Å². The van der Waals surface area contributed by atoms with Crippen LogP contribution in [0.4, 0.5) is 0 Å². The van der Waals surface area contributed by atoms with Crippen molar-refractivity contribution in [1.29, 1.82) is 0 Å². The molecule has 0 aromatic carbocycles. The quantitative estimate of drug-likeness (QED) is 0.918. The van der Waals surface area contributed by atoms with Crippen molar-refractivity contribution in [2.24, 2.45) is 5.92 Å². The molecule has 2 rings (SSSR count). The summed E-state index contributed by atoms with van der Waals surface area (Å²) in [6.45, 7) is 3.57. The molecule has 0 saturated carbocycles. The molecule has 1 aromatic heterocycles. The first-order chi connectivity index (χ1) is 9.61. The number of hydrogen-bond acceptors (Lipinski definition) is 2. The van der Waals surface area contributed by atoms with Gasteiger partial charge < -0.3 is 14.6 Å². The maximum Gasteiger partial charge on any atom is 0.323 e. The summed E-state index contributed by atoms with van der Waals surface area (Å²) < 4.78 is 1.51. The molecule has 0 spiro atoms. The first-order valence-electron chi connectivity index (χ1n) is 7.28. The van der Waals surface area contributed by atoms with E-state index in [0.717, 1.165) is 32.4 Å². The van der Waals surface area contributed by atoms with E-state index in [9.17, 15) is 9.59 Å². The lowest BCUT2D eigenvalue weighted by Crippen LogP contribution is -2.33. The summed E-state index contributed by atoms with van der Waals surface area (Å²) in [6.07, 6.45) is 6.06. The monoisotopic (exact) mass is 278 g/mol. The lowest BCUT2D eigenvalue weighted by molar-refractivity contribution is -0.137. The van der Waals surface area contributed by atoms with Crippen LogP contribution in [0.5, 0.6) is 0 Å². The molecule has 2 heterocycles. The van der Waals surface area contributed by atoms with Gasteiger partial charge in [0.05, 0.1) is 0 Å². The molecule has 20 heavy (non-hydrogen) atoms. The molecule has 1 aliphatic heterocycles. The maximum atomic E-state index is 12.5. The van der Waals surface area contributed by atoms with E-state index >= 15 is 0 Å². The average Bonchev–Trinajstić information content (AvgIpc) is 2.73. The van der Waals surface area contributed by atoms with Crippen molar-refractivity contribution >= 4 is 11.9 Å². The summed E-state index contributed by atoms with van der Waals surface area (Å²) in [5, 5.41) is 8.87. The fourth-order valence-corrected chi connectivity index (χ4v) is 2.83. The number of likely N-dealkylation sites (tertiary alicyclic amines) is 1. The second kappa shape index (κ2) is 6.59. The Morgan fingerprint density at radius 2 is 2.15 bits per heavy atom. The average molecular weight is 278 g/mol. The van der Waals surface area contributed by atoms with Crippen molar-refractivity contribution in [2.75, 3.05) is 13.1 Å². The van der Waals surface area contributed by atoms with Crippen molar-refractivity contribution in [1.82, 2.24) is 9.47 Å². The second-order valence-electron chi connectivity index (χ2n) is 5.41. The Kier molecular flexibility index (Phi) is 4.82. The number of carbonyl (C=O) groups is 2. The molecule has 1 unspecified atom stereocenters. The number of amides is 1. The molecular formula is C15H22N2O3. The van der Waals surface area contributed by atoms with Gasteiger partial charge in [-0.25, -0.2) is 0 Å². The molecule has 5 nitrogen and oxygen atoms in total. The molecular weight excluding hydrogens is 256 g/mol. The highest BCUT2D eigenvalue weighted by molar-refractivity contribution is 5.93. The highest BCUT2D eigenvalue weighted by Gasteiger charge is 2.23. The van der Waals surface area contributed by atoms with Gasteiger partial charge in [-0.15, -0.1) is 0 Å². The van der Waals surface area contributed by atoms with Crippen LogP contribution in [0.25, 0.3) is 0 Å². The van der Waals surface area contributed by atoms with E-state index in [1.54, 1.807) is 18.3 Å². The Morgan fingerprint density at radius 3 is 2.85 bits per heavy atom. The third kappa shape index (κ3) is 3.40. The number of carboxylic acid groups (broad SMARTS) is 1. The summed E-state index contributed by atoms with van der Waals surface area (Å²) in [5.41, 5.74) is 0.474. The SMILES string of the molecule is CCC1CCCN(C(=O)c2cccn2CC(=O)O)CC1. The highest BCUT2D eigenvalue weighted by Crippen LogP contribution is 2.21. The van der Waals surface area contributed by atoms with Crippen LogP contribution < -0.4 is 0 Å². The number of hydrogen-bond donors (Lipinski definition) is 1. The van der Waals surface area contributed by atoms with Gasteiger partial charge >= 0.3 is 5.97 Å². The molecule has 1 aliphatic rings. The summed E-state index contributed by atoms with van der Waals surface area (Å²) in [6, 6.07) is 3.43. The number of carboxylic acids is 1. The van der Waals surface area contributed by atoms with E-state index in [4.69, 9.17) is 5.11 Å². The lowest BCUT2D eigenvalue weighted by Gasteiger charge is -2.21. The number of nitrogens with zero attached hydrogens (tertiary/aromatic N) is 2. The van der Waals surface area contributed by atoms with E-state index in [1.165, 1.54) is 11.0 Å². The van der Waals surface area contributed by atoms with Crippen molar-refractivity contribution in [3.8, 4) is 0 Å². The molecule has 5 heteroatoms. The van der Waals surface area contributed by atoms with Crippen LogP contribution in [0.2, 0.25) is 0 Å². The number of carbonyl (C=O) groups excluding carboxylic acids is 1. The molecule has 1 atom stereocenters. The van der Waals surface area contributed by atoms with Gasteiger partial charge in [0.1, 0.15) is 12.2 Å². The van der Waals surface area contributed by atoms with Gasteiger partial charge in [-0.3, -0.25) is 9.59 Å². The zero-order valence-electron chi connectivity index (χ0n) is 11.9. The van der Waals surface area contributed by atoms with E-state index in [2.05, 4.69) is 6.92 Å². The maximum absolute atomic E-state index is 12.5. The minimum Gasteiger partial charge on any atom is -0.480 e. The fourth-order valence-electron chi connectivity index (χ4n) is 2.83. The molecule has 0 bridgehead atoms. The zero-order chi connectivity index (χ0) is 14.5. The largest absolute Gasteiger partial charge is 0.480 e. The molecule has 1 aromatic rings. The van der Waals surface area contributed by atoms with Crippen molar-refractivity contribution in [3.05, 3.63) is 24.0 Å². The highest BCUT2D eigenvalue weighted by atomic mass is 16.4. The molecule has 1 saturated heterocycles. The minimum atomic E-state index is -0.933. The van der Waals surface area contributed by atoms with Crippen LogP contribution in [-0.4, -0.2) is 39.5 Å². The van der Waals surface area contributed by atoms with Crippen LogP contribution in [0.15, 0.2) is 18.3 Å². The van der Waals surface area contributed by atoms with E-state index < -0.39 is 5.97 Å². The first-order valence-corrected chi connectivity index (χ1v) is 7.28. The number of rotatable bonds is 4. The van der Waals surface area contributed by atoms with Crippen molar-refractivity contribution in [2.45, 2.75) is 39.2 Å². The predicted octanol–water partition coefficient (Wildman–Crippen LogP) is 2.22. The van der Waals surface area contributed by atoms with E-state index in [1.807, 2.05) is 4.90 Å². The number of aliphatic carboxylic acids is 1. The predicted molar refractivity (Wildman–Crippen MR) is 75.6 cm³/mol. The van der Waals surface area contributed by atoms with Crippen molar-refractivity contribution < 1.29 is 14.7 Å². The summed E-state index contributed by atoms with van der Waals surface area (Å²) >= 11 is 0. The molecule has 1 fully saturated rings. The van der Waals surface area contributed by atoms with Gasteiger partial charge in [-0.05, 0) is 37.3 Å². The molecule has 0 aliphatic carbocycles. The van der Waals surface area contributed by atoms with Crippen LogP contribution in [0.1, 0.15) is 43.1 Å². The van der Waals surface area contributed by atoms with Gasteiger partial charge in [0.15, 0.2) is 0 Å². The van der Waals surface area contributed by atoms with Gasteiger partial charge in [0, 0.05) is 19.3 Å². The summed E-state index contributed by atoms with van der Waals surface area (Å²) in [5.74, 6) is -0.274. The molecule has 110 valence electrons. The van der Waals surface area contributed by atoms with Crippen LogP contribution in [0.3, 0.4) is 0 Å². The zero-order valence-corrected chi connectivity index (χ0v) is 11.9. The first kappa shape index (κ1) is 14.6. The van der Waals surface area contributed by atoms with Crippen LogP contribution >= 0.6 is 0 Å². The van der Waals surface area contributed by atoms with Gasteiger partial charge in [-0.1, -0.05) is 13.3 Å². The molecule has 1 amide bonds. The third-order valence-electron chi connectivity index (χ3n) is 4.07. The smallest absolute Gasteiger partial charge is 0.323 e. The lowest BCUT2D eigenvalue weighted by atomic mass is 9.98. The van der Waals surface area contributed by atoms with E-state index in [0.29, 0.717) is 11.6 Å². The van der Waals surface area contributed by atoms with E-state index in [-0.39, 0.29) is 12.5 Å². The molecule has 1 N–H and O–H groups in total.